The molecule has 0 fully saturated rings. The second-order valence-corrected chi connectivity index (χ2v) is 5.85. The molecule has 2 nitrogen and oxygen atoms in total. The fourth-order valence-electron chi connectivity index (χ4n) is 2.60. The highest BCUT2D eigenvalue weighted by Gasteiger charge is 2.14. The van der Waals surface area contributed by atoms with Crippen LogP contribution in [0.5, 0.6) is 0 Å². The summed E-state index contributed by atoms with van der Waals surface area (Å²) in [5.74, 6) is 0. The first-order valence-corrected chi connectivity index (χ1v) is 8.73. The molecule has 0 aliphatic rings. The first-order chi connectivity index (χ1) is 12.6. The minimum atomic E-state index is -0.353. The molecule has 2 atom stereocenters. The molecule has 0 aromatic heterocycles. The number of nitrogens with two attached hydrogens (primary N) is 1. The van der Waals surface area contributed by atoms with E-state index in [1.54, 1.807) is 18.2 Å². The molecule has 0 radical (unpaired) electrons. The van der Waals surface area contributed by atoms with Gasteiger partial charge in [-0.15, -0.1) is 0 Å². The van der Waals surface area contributed by atoms with Gasteiger partial charge in [0.1, 0.15) is 0 Å². The van der Waals surface area contributed by atoms with Crippen molar-refractivity contribution in [1.82, 2.24) is 5.32 Å². The van der Waals surface area contributed by atoms with Crippen LogP contribution in [0.2, 0.25) is 0 Å². The lowest BCUT2D eigenvalue weighted by Gasteiger charge is -2.23. The second-order valence-electron chi connectivity index (χ2n) is 5.85. The maximum absolute atomic E-state index is 6.35. The summed E-state index contributed by atoms with van der Waals surface area (Å²) in [6.45, 7) is 15.5. The van der Waals surface area contributed by atoms with E-state index in [-0.39, 0.29) is 12.2 Å². The van der Waals surface area contributed by atoms with E-state index in [2.05, 4.69) is 56.3 Å². The molecule has 0 saturated carbocycles. The second kappa shape index (κ2) is 11.8. The van der Waals surface area contributed by atoms with Crippen LogP contribution in [-0.4, -0.2) is 6.17 Å². The molecule has 0 aliphatic heterocycles. The minimum Gasteiger partial charge on any atom is -0.312 e. The fourth-order valence-corrected chi connectivity index (χ4v) is 2.60. The zero-order valence-corrected chi connectivity index (χ0v) is 15.9. The summed E-state index contributed by atoms with van der Waals surface area (Å²) in [6.07, 6.45) is 15.1. The van der Waals surface area contributed by atoms with Crippen LogP contribution in [0.1, 0.15) is 25.5 Å². The molecule has 0 spiro atoms. The van der Waals surface area contributed by atoms with Gasteiger partial charge in [0.15, 0.2) is 0 Å². The summed E-state index contributed by atoms with van der Waals surface area (Å²) < 4.78 is 0. The van der Waals surface area contributed by atoms with Crippen LogP contribution < -0.4 is 11.1 Å². The largest absolute Gasteiger partial charge is 0.312 e. The standard InChI is InChI=1S/C24H30N2/c1-6-13-20(9-4)24(25)26-23(22-16-11-10-12-17-22)18-19(5)21(14-7-2)15-8-3/h6-18,23-24,26H,1-2,4,25H2,3,5H3/b15-8-,19-18+,20-13+,21-14+. The average molecular weight is 347 g/mol. The molecule has 3 N–H and O–H groups in total. The zero-order valence-electron chi connectivity index (χ0n) is 15.9. The summed E-state index contributed by atoms with van der Waals surface area (Å²) >= 11 is 0. The van der Waals surface area contributed by atoms with Crippen LogP contribution in [0.3, 0.4) is 0 Å². The Morgan fingerprint density at radius 1 is 1.08 bits per heavy atom. The predicted octanol–water partition coefficient (Wildman–Crippen LogP) is 5.54. The summed E-state index contributed by atoms with van der Waals surface area (Å²) in [5.41, 5.74) is 10.6. The van der Waals surface area contributed by atoms with E-state index in [1.807, 2.05) is 43.4 Å². The van der Waals surface area contributed by atoms with Crippen molar-refractivity contribution in [2.45, 2.75) is 26.1 Å². The molecule has 26 heavy (non-hydrogen) atoms. The van der Waals surface area contributed by atoms with Crippen molar-refractivity contribution in [3.05, 3.63) is 121 Å². The van der Waals surface area contributed by atoms with Crippen LogP contribution in [0.4, 0.5) is 0 Å². The molecule has 0 amide bonds. The van der Waals surface area contributed by atoms with E-state index in [4.69, 9.17) is 5.73 Å². The SMILES string of the molecule is C=C/C=C(\C=C/C)C(/C)=C/C(NC(N)/C(C=C)=C/C=C)c1ccccc1. The van der Waals surface area contributed by atoms with Gasteiger partial charge in [0.25, 0.3) is 0 Å². The first kappa shape index (κ1) is 21.4. The summed E-state index contributed by atoms with van der Waals surface area (Å²) in [5, 5.41) is 3.48. The normalized spacial score (nSPS) is 15.6. The number of hydrogen-bond acceptors (Lipinski definition) is 2. The topological polar surface area (TPSA) is 38.0 Å². The van der Waals surface area contributed by atoms with Gasteiger partial charge < -0.3 is 5.73 Å². The van der Waals surface area contributed by atoms with Gasteiger partial charge in [-0.05, 0) is 36.1 Å². The molecule has 1 aromatic rings. The molecule has 0 heterocycles. The van der Waals surface area contributed by atoms with Gasteiger partial charge in [0.2, 0.25) is 0 Å². The van der Waals surface area contributed by atoms with Gasteiger partial charge in [-0.3, -0.25) is 5.32 Å². The molecule has 0 bridgehead atoms. The van der Waals surface area contributed by atoms with Crippen LogP contribution in [-0.2, 0) is 0 Å². The third-order valence-corrected chi connectivity index (χ3v) is 3.94. The Balaban J connectivity index is 3.26. The molecule has 1 aromatic carbocycles. The van der Waals surface area contributed by atoms with E-state index >= 15 is 0 Å². The van der Waals surface area contributed by atoms with Crippen LogP contribution in [0, 0.1) is 0 Å². The maximum atomic E-state index is 6.35. The lowest BCUT2D eigenvalue weighted by atomic mass is 9.99. The Kier molecular flexibility index (Phi) is 9.70. The monoisotopic (exact) mass is 346 g/mol. The first-order valence-electron chi connectivity index (χ1n) is 8.73. The summed E-state index contributed by atoms with van der Waals surface area (Å²) in [7, 11) is 0. The van der Waals surface area contributed by atoms with Crippen LogP contribution >= 0.6 is 0 Å². The molecular formula is C24H30N2. The number of nitrogens with one attached hydrogen (secondary N) is 1. The molecule has 2 heteroatoms. The number of benzene rings is 1. The van der Waals surface area contributed by atoms with E-state index < -0.39 is 0 Å². The third kappa shape index (κ3) is 6.67. The van der Waals surface area contributed by atoms with E-state index in [9.17, 15) is 0 Å². The fraction of sp³-hybridized carbons (Fsp3) is 0.167. The minimum absolute atomic E-state index is 0.0437. The van der Waals surface area contributed by atoms with Gasteiger partial charge in [-0.25, -0.2) is 0 Å². The van der Waals surface area contributed by atoms with E-state index in [1.165, 1.54) is 0 Å². The molecule has 0 aliphatic carbocycles. The van der Waals surface area contributed by atoms with Crippen molar-refractivity contribution >= 4 is 0 Å². The van der Waals surface area contributed by atoms with E-state index in [0.717, 1.165) is 22.3 Å². The van der Waals surface area contributed by atoms with Crippen LogP contribution in [0.15, 0.2) is 115 Å². The van der Waals surface area contributed by atoms with Crippen molar-refractivity contribution in [3.63, 3.8) is 0 Å². The summed E-state index contributed by atoms with van der Waals surface area (Å²) in [4.78, 5) is 0. The Labute approximate surface area is 158 Å². The lowest BCUT2D eigenvalue weighted by Crippen LogP contribution is -2.40. The van der Waals surface area contributed by atoms with Crippen molar-refractivity contribution in [1.29, 1.82) is 0 Å². The Morgan fingerprint density at radius 2 is 1.73 bits per heavy atom. The molecule has 2 unspecified atom stereocenters. The molecule has 136 valence electrons. The molecular weight excluding hydrogens is 316 g/mol. The number of rotatable bonds is 10. The maximum Gasteiger partial charge on any atom is 0.0817 e. The summed E-state index contributed by atoms with van der Waals surface area (Å²) in [6, 6.07) is 10.2. The number of allylic oxidation sites excluding steroid dienone is 8. The van der Waals surface area contributed by atoms with E-state index in [0.29, 0.717) is 0 Å². The smallest absolute Gasteiger partial charge is 0.0817 e. The molecule has 0 saturated heterocycles. The van der Waals surface area contributed by atoms with Gasteiger partial charge in [0, 0.05) is 0 Å². The quantitative estimate of drug-likeness (QED) is 0.431. The lowest BCUT2D eigenvalue weighted by molar-refractivity contribution is 0.544. The Morgan fingerprint density at radius 3 is 2.27 bits per heavy atom. The zero-order chi connectivity index (χ0) is 19.4. The van der Waals surface area contributed by atoms with Crippen LogP contribution in [0.25, 0.3) is 0 Å². The highest BCUT2D eigenvalue weighted by molar-refractivity contribution is 5.42. The average Bonchev–Trinajstić information content (AvgIpc) is 2.65. The Hall–Kier alpha value is -2.68. The highest BCUT2D eigenvalue weighted by Crippen LogP contribution is 2.21. The van der Waals surface area contributed by atoms with Gasteiger partial charge in [-0.2, -0.15) is 0 Å². The van der Waals surface area contributed by atoms with Crippen molar-refractivity contribution in [3.8, 4) is 0 Å². The third-order valence-electron chi connectivity index (χ3n) is 3.94. The Bertz CT molecular complexity index is 718. The van der Waals surface area contributed by atoms with Crippen molar-refractivity contribution in [2.24, 2.45) is 5.73 Å². The van der Waals surface area contributed by atoms with Crippen molar-refractivity contribution < 1.29 is 0 Å². The predicted molar refractivity (Wildman–Crippen MR) is 116 cm³/mol. The molecule has 1 rings (SSSR count). The van der Waals surface area contributed by atoms with Crippen molar-refractivity contribution in [2.75, 3.05) is 0 Å². The van der Waals surface area contributed by atoms with Gasteiger partial charge in [-0.1, -0.05) is 98.7 Å². The number of hydrogen-bond donors (Lipinski definition) is 2. The highest BCUT2D eigenvalue weighted by atomic mass is 15.0. The van der Waals surface area contributed by atoms with Gasteiger partial charge >= 0.3 is 0 Å². The van der Waals surface area contributed by atoms with Gasteiger partial charge in [0.05, 0.1) is 12.2 Å².